The molecule has 3 rings (SSSR count). The van der Waals surface area contributed by atoms with Gasteiger partial charge in [-0.1, -0.05) is 0 Å². The molecule has 0 spiro atoms. The van der Waals surface area contributed by atoms with E-state index in [1.807, 2.05) is 24.4 Å². The van der Waals surface area contributed by atoms with E-state index in [9.17, 15) is 10.1 Å². The first-order valence-corrected chi connectivity index (χ1v) is 7.63. The summed E-state index contributed by atoms with van der Waals surface area (Å²) in [4.78, 5) is 15.0. The minimum absolute atomic E-state index is 0.0420. The predicted octanol–water partition coefficient (Wildman–Crippen LogP) is 3.92. The highest BCUT2D eigenvalue weighted by Gasteiger charge is 2.14. The van der Waals surface area contributed by atoms with Gasteiger partial charge in [-0.3, -0.25) is 0 Å². The lowest BCUT2D eigenvalue weighted by molar-refractivity contribution is 0.0691. The first-order valence-electron chi connectivity index (χ1n) is 6.75. The van der Waals surface area contributed by atoms with Crippen LogP contribution in [-0.2, 0) is 0 Å². The fourth-order valence-electron chi connectivity index (χ4n) is 2.41. The second-order valence-electron chi connectivity index (χ2n) is 5.23. The minimum Gasteiger partial charge on any atom is -0.476 e. The van der Waals surface area contributed by atoms with Gasteiger partial charge in [0.2, 0.25) is 0 Å². The number of aromatic nitrogens is 2. The Hall–Kier alpha value is -2.65. The number of carbonyl (C=O) groups is 1. The van der Waals surface area contributed by atoms with Crippen LogP contribution in [0.3, 0.4) is 0 Å². The normalized spacial score (nSPS) is 11.0. The number of benzene rings is 1. The van der Waals surface area contributed by atoms with E-state index < -0.39 is 5.97 Å². The van der Waals surface area contributed by atoms with E-state index in [0.29, 0.717) is 10.6 Å². The second kappa shape index (κ2) is 5.28. The van der Waals surface area contributed by atoms with Crippen LogP contribution in [0.15, 0.2) is 29.8 Å². The third kappa shape index (κ3) is 2.26. The first kappa shape index (κ1) is 14.3. The van der Waals surface area contributed by atoms with Gasteiger partial charge in [0, 0.05) is 34.1 Å². The molecule has 0 atom stereocenters. The van der Waals surface area contributed by atoms with E-state index in [1.54, 1.807) is 0 Å². The van der Waals surface area contributed by atoms with Crippen molar-refractivity contribution in [2.24, 2.45) is 0 Å². The van der Waals surface area contributed by atoms with Crippen LogP contribution in [0.4, 0.5) is 0 Å². The van der Waals surface area contributed by atoms with Crippen molar-refractivity contribution in [2.75, 3.05) is 0 Å². The Morgan fingerprint density at radius 2 is 2.23 bits per heavy atom. The molecule has 5 nitrogen and oxygen atoms in total. The fraction of sp³-hybridized carbons (Fsp3) is 0.188. The summed E-state index contributed by atoms with van der Waals surface area (Å²) in [5.74, 6) is -1.03. The van der Waals surface area contributed by atoms with Crippen molar-refractivity contribution in [3.63, 3.8) is 0 Å². The summed E-state index contributed by atoms with van der Waals surface area (Å²) in [7, 11) is 0. The molecule has 0 fully saturated rings. The molecule has 0 saturated heterocycles. The van der Waals surface area contributed by atoms with Crippen molar-refractivity contribution in [1.82, 2.24) is 9.55 Å². The SMILES string of the molecule is CC(C)n1cc(C#N)c2cc(-c3nc(C(=O)O)cs3)ccc21. The molecule has 2 heterocycles. The molecule has 22 heavy (non-hydrogen) atoms. The molecule has 0 amide bonds. The Bertz CT molecular complexity index is 915. The van der Waals surface area contributed by atoms with Crippen LogP contribution in [0, 0.1) is 11.3 Å². The lowest BCUT2D eigenvalue weighted by Crippen LogP contribution is -1.97. The summed E-state index contributed by atoms with van der Waals surface area (Å²) < 4.78 is 2.06. The zero-order valence-corrected chi connectivity index (χ0v) is 12.9. The summed E-state index contributed by atoms with van der Waals surface area (Å²) in [5, 5.41) is 21.3. The maximum absolute atomic E-state index is 10.9. The number of nitriles is 1. The molecule has 0 aliphatic carbocycles. The van der Waals surface area contributed by atoms with Gasteiger partial charge in [0.1, 0.15) is 11.1 Å². The average Bonchev–Trinajstić information content (AvgIpc) is 3.11. The van der Waals surface area contributed by atoms with Crippen molar-refractivity contribution < 1.29 is 9.90 Å². The van der Waals surface area contributed by atoms with E-state index in [2.05, 4.69) is 29.5 Å². The number of thiazole rings is 1. The average molecular weight is 311 g/mol. The molecule has 0 aliphatic heterocycles. The van der Waals surface area contributed by atoms with E-state index in [4.69, 9.17) is 5.11 Å². The Morgan fingerprint density at radius 1 is 1.45 bits per heavy atom. The van der Waals surface area contributed by atoms with Crippen LogP contribution in [0.2, 0.25) is 0 Å². The van der Waals surface area contributed by atoms with Gasteiger partial charge in [-0.2, -0.15) is 5.26 Å². The van der Waals surface area contributed by atoms with Gasteiger partial charge < -0.3 is 9.67 Å². The van der Waals surface area contributed by atoms with E-state index >= 15 is 0 Å². The molecule has 0 unspecified atom stereocenters. The molecule has 0 saturated carbocycles. The van der Waals surface area contributed by atoms with E-state index in [-0.39, 0.29) is 11.7 Å². The topological polar surface area (TPSA) is 78.9 Å². The molecule has 3 aromatic rings. The third-order valence-corrected chi connectivity index (χ3v) is 4.37. The molecule has 1 N–H and O–H groups in total. The number of hydrogen-bond acceptors (Lipinski definition) is 4. The van der Waals surface area contributed by atoms with Crippen molar-refractivity contribution in [1.29, 1.82) is 5.26 Å². The quantitative estimate of drug-likeness (QED) is 0.795. The van der Waals surface area contributed by atoms with Crippen LogP contribution in [0.1, 0.15) is 35.9 Å². The van der Waals surface area contributed by atoms with Gasteiger partial charge in [-0.05, 0) is 32.0 Å². The lowest BCUT2D eigenvalue weighted by atomic mass is 10.1. The fourth-order valence-corrected chi connectivity index (χ4v) is 3.20. The highest BCUT2D eigenvalue weighted by atomic mass is 32.1. The third-order valence-electron chi connectivity index (χ3n) is 3.48. The Morgan fingerprint density at radius 3 is 2.82 bits per heavy atom. The summed E-state index contributed by atoms with van der Waals surface area (Å²) in [5.41, 5.74) is 2.47. The summed E-state index contributed by atoms with van der Waals surface area (Å²) in [6, 6.07) is 8.23. The van der Waals surface area contributed by atoms with Gasteiger partial charge in [0.05, 0.1) is 5.56 Å². The molecule has 1 aromatic carbocycles. The van der Waals surface area contributed by atoms with Gasteiger partial charge >= 0.3 is 5.97 Å². The number of nitrogens with zero attached hydrogens (tertiary/aromatic N) is 3. The molecule has 2 aromatic heterocycles. The van der Waals surface area contributed by atoms with Gasteiger partial charge in [-0.25, -0.2) is 9.78 Å². The molecular formula is C16H13N3O2S. The van der Waals surface area contributed by atoms with Gasteiger partial charge in [0.25, 0.3) is 0 Å². The van der Waals surface area contributed by atoms with Crippen molar-refractivity contribution in [2.45, 2.75) is 19.9 Å². The van der Waals surface area contributed by atoms with E-state index in [0.717, 1.165) is 16.5 Å². The first-order chi connectivity index (χ1) is 10.5. The largest absolute Gasteiger partial charge is 0.476 e. The predicted molar refractivity (Wildman–Crippen MR) is 85.1 cm³/mol. The molecule has 0 aliphatic rings. The van der Waals surface area contributed by atoms with E-state index in [1.165, 1.54) is 16.7 Å². The molecule has 0 radical (unpaired) electrons. The minimum atomic E-state index is -1.03. The zero-order chi connectivity index (χ0) is 15.9. The summed E-state index contributed by atoms with van der Waals surface area (Å²) in [6.07, 6.45) is 1.85. The lowest BCUT2D eigenvalue weighted by Gasteiger charge is -2.09. The van der Waals surface area contributed by atoms with Crippen molar-refractivity contribution in [3.8, 4) is 16.6 Å². The maximum Gasteiger partial charge on any atom is 0.355 e. The maximum atomic E-state index is 10.9. The van der Waals surface area contributed by atoms with Crippen LogP contribution in [0.5, 0.6) is 0 Å². The second-order valence-corrected chi connectivity index (χ2v) is 6.09. The number of carboxylic acid groups (broad SMARTS) is 1. The van der Waals surface area contributed by atoms with Crippen LogP contribution in [0.25, 0.3) is 21.5 Å². The molecule has 110 valence electrons. The van der Waals surface area contributed by atoms with Crippen molar-refractivity contribution >= 4 is 28.2 Å². The number of aromatic carboxylic acids is 1. The van der Waals surface area contributed by atoms with Crippen LogP contribution < -0.4 is 0 Å². The molecule has 6 heteroatoms. The number of carboxylic acids is 1. The number of fused-ring (bicyclic) bond motifs is 1. The van der Waals surface area contributed by atoms with Crippen LogP contribution >= 0.6 is 11.3 Å². The Balaban J connectivity index is 2.17. The molecule has 0 bridgehead atoms. The standard InChI is InChI=1S/C16H13N3O2S/c1-9(2)19-7-11(6-17)12-5-10(3-4-14(12)19)15-18-13(8-22-15)16(20)21/h3-5,7-9H,1-2H3,(H,20,21). The Labute approximate surface area is 131 Å². The smallest absolute Gasteiger partial charge is 0.355 e. The highest BCUT2D eigenvalue weighted by Crippen LogP contribution is 2.31. The zero-order valence-electron chi connectivity index (χ0n) is 12.1. The number of hydrogen-bond donors (Lipinski definition) is 1. The number of rotatable bonds is 3. The Kier molecular flexibility index (Phi) is 3.43. The summed E-state index contributed by atoms with van der Waals surface area (Å²) >= 11 is 1.28. The van der Waals surface area contributed by atoms with Gasteiger partial charge in [0.15, 0.2) is 5.69 Å². The van der Waals surface area contributed by atoms with Crippen molar-refractivity contribution in [3.05, 3.63) is 41.0 Å². The monoisotopic (exact) mass is 311 g/mol. The summed E-state index contributed by atoms with van der Waals surface area (Å²) in [6.45, 7) is 4.13. The molecular weight excluding hydrogens is 298 g/mol. The highest BCUT2D eigenvalue weighted by molar-refractivity contribution is 7.13. The van der Waals surface area contributed by atoms with Gasteiger partial charge in [-0.15, -0.1) is 11.3 Å². The van der Waals surface area contributed by atoms with Crippen LogP contribution in [-0.4, -0.2) is 20.6 Å².